The van der Waals surface area contributed by atoms with Gasteiger partial charge in [-0.25, -0.2) is 4.79 Å². The van der Waals surface area contributed by atoms with Gasteiger partial charge in [0.1, 0.15) is 10.9 Å². The number of rotatable bonds is 4. The summed E-state index contributed by atoms with van der Waals surface area (Å²) in [5, 5.41) is 11.0. The van der Waals surface area contributed by atoms with Crippen LogP contribution < -0.4 is 10.2 Å². The Labute approximate surface area is 88.9 Å². The number of carboxylic acids is 1. The first-order valence-electron chi connectivity index (χ1n) is 4.26. The van der Waals surface area contributed by atoms with Crippen molar-refractivity contribution in [3.05, 3.63) is 20.7 Å². The molecule has 0 fully saturated rings. The van der Waals surface area contributed by atoms with Crippen molar-refractivity contribution in [2.24, 2.45) is 0 Å². The average Bonchev–Trinajstić information content (AvgIpc) is 2.60. The van der Waals surface area contributed by atoms with Gasteiger partial charge in [0, 0.05) is 6.20 Å². The molecule has 0 radical (unpaired) electrons. The fourth-order valence-corrected chi connectivity index (χ4v) is 1.55. The molecule has 1 aromatic rings. The van der Waals surface area contributed by atoms with E-state index in [4.69, 9.17) is 5.11 Å². The van der Waals surface area contributed by atoms with E-state index in [0.717, 1.165) is 11.3 Å². The highest BCUT2D eigenvalue weighted by Gasteiger charge is 2.19. The molecule has 1 aromatic heterocycles. The lowest BCUT2D eigenvalue weighted by atomic mass is 10.2. The normalized spacial score (nSPS) is 12.1. The maximum Gasteiger partial charge on any atom is 0.326 e. The van der Waals surface area contributed by atoms with Gasteiger partial charge in [-0.15, -0.1) is 0 Å². The second kappa shape index (κ2) is 4.74. The van der Waals surface area contributed by atoms with E-state index in [9.17, 15) is 14.4 Å². The molecule has 82 valence electrons. The van der Waals surface area contributed by atoms with Crippen LogP contribution in [0.15, 0.2) is 11.0 Å². The number of aromatic nitrogens is 1. The van der Waals surface area contributed by atoms with Gasteiger partial charge in [-0.3, -0.25) is 9.59 Å². The van der Waals surface area contributed by atoms with Gasteiger partial charge in [0.25, 0.3) is 5.91 Å². The molecule has 0 bridgehead atoms. The minimum absolute atomic E-state index is 0.180. The fourth-order valence-electron chi connectivity index (χ4n) is 0.963. The van der Waals surface area contributed by atoms with E-state index in [2.05, 4.69) is 10.3 Å². The summed E-state index contributed by atoms with van der Waals surface area (Å²) in [5.41, 5.74) is 0. The van der Waals surface area contributed by atoms with E-state index >= 15 is 0 Å². The summed E-state index contributed by atoms with van der Waals surface area (Å²) in [6, 6.07) is -0.922. The summed E-state index contributed by atoms with van der Waals surface area (Å²) in [7, 11) is 0. The van der Waals surface area contributed by atoms with Gasteiger partial charge in [-0.2, -0.15) is 0 Å². The SMILES string of the molecule is CCC(NC(=O)c1c[nH]c(=O)s1)C(=O)O. The van der Waals surface area contributed by atoms with Crippen molar-refractivity contribution in [2.45, 2.75) is 19.4 Å². The van der Waals surface area contributed by atoms with Gasteiger partial charge < -0.3 is 15.4 Å². The van der Waals surface area contributed by atoms with Crippen LogP contribution in [0.4, 0.5) is 0 Å². The Morgan fingerprint density at radius 2 is 2.33 bits per heavy atom. The van der Waals surface area contributed by atoms with Crippen LogP contribution in [0.3, 0.4) is 0 Å². The third kappa shape index (κ3) is 2.91. The van der Waals surface area contributed by atoms with Gasteiger partial charge in [0.05, 0.1) is 0 Å². The molecule has 0 aromatic carbocycles. The fraction of sp³-hybridized carbons (Fsp3) is 0.375. The molecule has 1 unspecified atom stereocenters. The quantitative estimate of drug-likeness (QED) is 0.679. The van der Waals surface area contributed by atoms with Crippen molar-refractivity contribution in [3.63, 3.8) is 0 Å². The standard InChI is InChI=1S/C8H10N2O4S/c1-2-4(7(12)13)10-6(11)5-3-9-8(14)15-5/h3-4H,2H2,1H3,(H,9,14)(H,10,11)(H,12,13). The number of hydrogen-bond donors (Lipinski definition) is 3. The molecular formula is C8H10N2O4S. The van der Waals surface area contributed by atoms with Gasteiger partial charge in [0.2, 0.25) is 0 Å². The van der Waals surface area contributed by atoms with E-state index in [1.54, 1.807) is 6.92 Å². The smallest absolute Gasteiger partial charge is 0.326 e. The molecule has 0 aliphatic rings. The number of thiazole rings is 1. The number of carboxylic acid groups (broad SMARTS) is 1. The molecule has 6 nitrogen and oxygen atoms in total. The number of aliphatic carboxylic acids is 1. The zero-order valence-electron chi connectivity index (χ0n) is 7.94. The molecule has 1 heterocycles. The molecule has 0 aliphatic heterocycles. The number of carbonyl (C=O) groups is 2. The third-order valence-electron chi connectivity index (χ3n) is 1.76. The van der Waals surface area contributed by atoms with E-state index in [1.807, 2.05) is 0 Å². The minimum atomic E-state index is -1.09. The molecular weight excluding hydrogens is 220 g/mol. The van der Waals surface area contributed by atoms with Crippen molar-refractivity contribution in [1.29, 1.82) is 0 Å². The van der Waals surface area contributed by atoms with Crippen LogP contribution >= 0.6 is 11.3 Å². The van der Waals surface area contributed by atoms with Crippen LogP contribution in [0.5, 0.6) is 0 Å². The van der Waals surface area contributed by atoms with Crippen molar-refractivity contribution < 1.29 is 14.7 Å². The second-order valence-electron chi connectivity index (χ2n) is 2.81. The molecule has 3 N–H and O–H groups in total. The zero-order valence-corrected chi connectivity index (χ0v) is 8.76. The Balaban J connectivity index is 2.70. The molecule has 0 aliphatic carbocycles. The Morgan fingerprint density at radius 3 is 2.73 bits per heavy atom. The molecule has 7 heteroatoms. The van der Waals surface area contributed by atoms with Crippen molar-refractivity contribution in [2.75, 3.05) is 0 Å². The molecule has 0 saturated heterocycles. The first-order chi connectivity index (χ1) is 7.04. The van der Waals surface area contributed by atoms with E-state index in [1.165, 1.54) is 6.20 Å². The van der Waals surface area contributed by atoms with Crippen LogP contribution in [0.1, 0.15) is 23.0 Å². The highest BCUT2D eigenvalue weighted by molar-refractivity contribution is 7.11. The van der Waals surface area contributed by atoms with E-state index < -0.39 is 17.9 Å². The van der Waals surface area contributed by atoms with Crippen LogP contribution in [0, 0.1) is 0 Å². The summed E-state index contributed by atoms with van der Waals surface area (Å²) in [5.74, 6) is -1.64. The average molecular weight is 230 g/mol. The van der Waals surface area contributed by atoms with Gasteiger partial charge in [0.15, 0.2) is 0 Å². The Bertz CT molecular complexity index is 422. The lowest BCUT2D eigenvalue weighted by Crippen LogP contribution is -2.39. The van der Waals surface area contributed by atoms with Gasteiger partial charge in [-0.05, 0) is 6.42 Å². The van der Waals surface area contributed by atoms with Crippen LogP contribution in [-0.2, 0) is 4.79 Å². The summed E-state index contributed by atoms with van der Waals surface area (Å²) in [6.45, 7) is 1.65. The highest BCUT2D eigenvalue weighted by atomic mass is 32.1. The number of carbonyl (C=O) groups excluding carboxylic acids is 1. The lowest BCUT2D eigenvalue weighted by Gasteiger charge is -2.10. The van der Waals surface area contributed by atoms with Gasteiger partial charge in [-0.1, -0.05) is 18.3 Å². The third-order valence-corrected chi connectivity index (χ3v) is 2.59. The van der Waals surface area contributed by atoms with Crippen molar-refractivity contribution >= 4 is 23.2 Å². The first kappa shape index (κ1) is 11.4. The number of nitrogens with one attached hydrogen (secondary N) is 2. The van der Waals surface area contributed by atoms with Crippen molar-refractivity contribution in [3.8, 4) is 0 Å². The zero-order chi connectivity index (χ0) is 11.4. The molecule has 1 amide bonds. The maximum atomic E-state index is 11.4. The number of aromatic amines is 1. The Morgan fingerprint density at radius 1 is 1.67 bits per heavy atom. The Kier molecular flexibility index (Phi) is 3.62. The van der Waals surface area contributed by atoms with E-state index in [0.29, 0.717) is 6.42 Å². The summed E-state index contributed by atoms with van der Waals surface area (Å²) in [4.78, 5) is 34.9. The van der Waals surface area contributed by atoms with Crippen LogP contribution in [0.25, 0.3) is 0 Å². The lowest BCUT2D eigenvalue weighted by molar-refractivity contribution is -0.139. The van der Waals surface area contributed by atoms with E-state index in [-0.39, 0.29) is 9.75 Å². The predicted molar refractivity (Wildman–Crippen MR) is 54.1 cm³/mol. The van der Waals surface area contributed by atoms with Crippen LogP contribution in [-0.4, -0.2) is 28.0 Å². The van der Waals surface area contributed by atoms with Gasteiger partial charge >= 0.3 is 10.8 Å². The van der Waals surface area contributed by atoms with Crippen LogP contribution in [0.2, 0.25) is 0 Å². The first-order valence-corrected chi connectivity index (χ1v) is 5.08. The minimum Gasteiger partial charge on any atom is -0.480 e. The molecule has 1 rings (SSSR count). The Hall–Kier alpha value is -1.63. The number of hydrogen-bond acceptors (Lipinski definition) is 4. The monoisotopic (exact) mass is 230 g/mol. The number of amides is 1. The summed E-state index contributed by atoms with van der Waals surface area (Å²) < 4.78 is 0. The molecule has 0 spiro atoms. The molecule has 1 atom stereocenters. The number of H-pyrrole nitrogens is 1. The highest BCUT2D eigenvalue weighted by Crippen LogP contribution is 2.02. The van der Waals surface area contributed by atoms with Crippen molar-refractivity contribution in [1.82, 2.24) is 10.3 Å². The largest absolute Gasteiger partial charge is 0.480 e. The molecule has 15 heavy (non-hydrogen) atoms. The summed E-state index contributed by atoms with van der Waals surface area (Å²) in [6.07, 6.45) is 1.55. The summed E-state index contributed by atoms with van der Waals surface area (Å²) >= 11 is 0.744. The predicted octanol–water partition coefficient (Wildman–Crippen LogP) is 0.0294. The topological polar surface area (TPSA) is 99.3 Å². The second-order valence-corrected chi connectivity index (χ2v) is 3.83. The molecule has 0 saturated carbocycles. The maximum absolute atomic E-state index is 11.4.